The molecule has 5 nitrogen and oxygen atoms in total. The van der Waals surface area contributed by atoms with E-state index in [1.54, 1.807) is 24.6 Å². The molecule has 0 aromatic carbocycles. The summed E-state index contributed by atoms with van der Waals surface area (Å²) in [6, 6.07) is 0. The molecular formula is C12H15N3O2S. The Morgan fingerprint density at radius 1 is 1.56 bits per heavy atom. The number of hydrogen-bond acceptors (Lipinski definition) is 5. The quantitative estimate of drug-likeness (QED) is 0.852. The van der Waals surface area contributed by atoms with Crippen LogP contribution in [0.25, 0.3) is 10.6 Å². The second-order valence-corrected chi connectivity index (χ2v) is 5.08. The third-order valence-electron chi connectivity index (χ3n) is 2.79. The molecule has 0 atom stereocenters. The van der Waals surface area contributed by atoms with Crippen molar-refractivity contribution in [3.63, 3.8) is 0 Å². The monoisotopic (exact) mass is 265 g/mol. The molecular weight excluding hydrogens is 250 g/mol. The minimum atomic E-state index is -0.516. The van der Waals surface area contributed by atoms with E-state index in [1.165, 1.54) is 9.56 Å². The molecule has 0 aliphatic rings. The molecule has 0 amide bonds. The topological polar surface area (TPSA) is 68.0 Å². The number of Topliss-reactive ketones (excluding diaryl/α,β-unsaturated/α-hetero) is 1. The Labute approximate surface area is 109 Å². The summed E-state index contributed by atoms with van der Waals surface area (Å²) in [6.07, 6.45) is 2.55. The zero-order valence-electron chi connectivity index (χ0n) is 10.6. The average Bonchev–Trinajstić information content (AvgIpc) is 2.91. The van der Waals surface area contributed by atoms with Crippen molar-refractivity contribution in [2.75, 3.05) is 6.61 Å². The van der Waals surface area contributed by atoms with Crippen LogP contribution in [0, 0.1) is 6.92 Å². The van der Waals surface area contributed by atoms with Gasteiger partial charge in [0.1, 0.15) is 17.3 Å². The van der Waals surface area contributed by atoms with Crippen molar-refractivity contribution < 1.29 is 9.90 Å². The molecule has 0 radical (unpaired) electrons. The Balaban J connectivity index is 2.53. The minimum Gasteiger partial charge on any atom is -0.388 e. The van der Waals surface area contributed by atoms with E-state index in [1.807, 2.05) is 6.92 Å². The van der Waals surface area contributed by atoms with Crippen molar-refractivity contribution in [1.29, 1.82) is 0 Å². The fraction of sp³-hybridized carbons (Fsp3) is 0.417. The van der Waals surface area contributed by atoms with E-state index in [2.05, 4.69) is 17.0 Å². The lowest BCUT2D eigenvalue weighted by atomic mass is 10.2. The number of aromatic nitrogens is 3. The summed E-state index contributed by atoms with van der Waals surface area (Å²) in [7, 11) is 1.69. The molecule has 2 heterocycles. The zero-order chi connectivity index (χ0) is 13.3. The largest absolute Gasteiger partial charge is 0.388 e. The Morgan fingerprint density at radius 3 is 2.83 bits per heavy atom. The van der Waals surface area contributed by atoms with Gasteiger partial charge < -0.3 is 5.11 Å². The Bertz CT molecular complexity index is 586. The van der Waals surface area contributed by atoms with Gasteiger partial charge in [0.2, 0.25) is 5.78 Å². The summed E-state index contributed by atoms with van der Waals surface area (Å²) in [5, 5.41) is 13.9. The average molecular weight is 265 g/mol. The van der Waals surface area contributed by atoms with Gasteiger partial charge in [0.15, 0.2) is 0 Å². The SMILES string of the molecule is CCc1sc(-c2cnn(C)c2C(=O)CO)nc1C. The molecule has 0 aliphatic heterocycles. The molecule has 2 aromatic rings. The Kier molecular flexibility index (Phi) is 3.58. The maximum absolute atomic E-state index is 11.7. The lowest BCUT2D eigenvalue weighted by Gasteiger charge is -2.00. The Morgan fingerprint density at radius 2 is 2.28 bits per heavy atom. The fourth-order valence-corrected chi connectivity index (χ4v) is 2.88. The predicted molar refractivity (Wildman–Crippen MR) is 69.8 cm³/mol. The smallest absolute Gasteiger partial charge is 0.206 e. The highest BCUT2D eigenvalue weighted by atomic mass is 32.1. The molecule has 2 rings (SSSR count). The van der Waals surface area contributed by atoms with E-state index in [-0.39, 0.29) is 5.78 Å². The summed E-state index contributed by atoms with van der Waals surface area (Å²) in [4.78, 5) is 17.4. The number of thiazole rings is 1. The first kappa shape index (κ1) is 12.9. The molecule has 0 saturated carbocycles. The highest BCUT2D eigenvalue weighted by molar-refractivity contribution is 7.15. The number of ketones is 1. The van der Waals surface area contributed by atoms with Crippen molar-refractivity contribution in [3.8, 4) is 10.6 Å². The van der Waals surface area contributed by atoms with Crippen LogP contribution in [0.15, 0.2) is 6.20 Å². The van der Waals surface area contributed by atoms with E-state index >= 15 is 0 Å². The van der Waals surface area contributed by atoms with Crippen molar-refractivity contribution in [2.24, 2.45) is 7.05 Å². The van der Waals surface area contributed by atoms with E-state index < -0.39 is 6.61 Å². The third kappa shape index (κ3) is 2.09. The fourth-order valence-electron chi connectivity index (χ4n) is 1.87. The molecule has 1 N–H and O–H groups in total. The van der Waals surface area contributed by atoms with Crippen LogP contribution in [0.5, 0.6) is 0 Å². The summed E-state index contributed by atoms with van der Waals surface area (Å²) >= 11 is 1.57. The van der Waals surface area contributed by atoms with E-state index in [0.29, 0.717) is 11.3 Å². The van der Waals surface area contributed by atoms with E-state index in [0.717, 1.165) is 17.1 Å². The summed E-state index contributed by atoms with van der Waals surface area (Å²) < 4.78 is 1.48. The molecule has 0 bridgehead atoms. The van der Waals surface area contributed by atoms with Gasteiger partial charge in [0.25, 0.3) is 0 Å². The van der Waals surface area contributed by atoms with Crippen LogP contribution in [-0.2, 0) is 13.5 Å². The van der Waals surface area contributed by atoms with Gasteiger partial charge in [0.05, 0.1) is 17.5 Å². The normalized spacial score (nSPS) is 10.9. The molecule has 96 valence electrons. The van der Waals surface area contributed by atoms with Crippen molar-refractivity contribution in [1.82, 2.24) is 14.8 Å². The second-order valence-electron chi connectivity index (χ2n) is 3.99. The molecule has 0 unspecified atom stereocenters. The van der Waals surface area contributed by atoms with Crippen LogP contribution >= 0.6 is 11.3 Å². The first-order chi connectivity index (χ1) is 8.58. The van der Waals surface area contributed by atoms with Crippen molar-refractivity contribution >= 4 is 17.1 Å². The van der Waals surface area contributed by atoms with Gasteiger partial charge >= 0.3 is 0 Å². The number of carbonyl (C=O) groups is 1. The molecule has 6 heteroatoms. The van der Waals surface area contributed by atoms with Gasteiger partial charge in [0, 0.05) is 11.9 Å². The van der Waals surface area contributed by atoms with E-state index in [4.69, 9.17) is 5.11 Å². The molecule has 0 aliphatic carbocycles. The number of nitrogens with zero attached hydrogens (tertiary/aromatic N) is 3. The summed E-state index contributed by atoms with van der Waals surface area (Å²) in [5.74, 6) is -0.337. The lowest BCUT2D eigenvalue weighted by molar-refractivity contribution is 0.0895. The van der Waals surface area contributed by atoms with Crippen molar-refractivity contribution in [3.05, 3.63) is 22.5 Å². The predicted octanol–water partition coefficient (Wildman–Crippen LogP) is 1.59. The number of carbonyl (C=O) groups excluding carboxylic acids is 1. The van der Waals surface area contributed by atoms with Gasteiger partial charge in [-0.05, 0) is 13.3 Å². The van der Waals surface area contributed by atoms with E-state index in [9.17, 15) is 4.79 Å². The van der Waals surface area contributed by atoms with Crippen LogP contribution in [0.2, 0.25) is 0 Å². The number of hydrogen-bond donors (Lipinski definition) is 1. The minimum absolute atomic E-state index is 0.337. The van der Waals surface area contributed by atoms with Crippen LogP contribution in [0.3, 0.4) is 0 Å². The van der Waals surface area contributed by atoms with Crippen LogP contribution < -0.4 is 0 Å². The van der Waals surface area contributed by atoms with Crippen LogP contribution in [0.4, 0.5) is 0 Å². The van der Waals surface area contributed by atoms with Crippen molar-refractivity contribution in [2.45, 2.75) is 20.3 Å². The molecule has 0 spiro atoms. The lowest BCUT2D eigenvalue weighted by Crippen LogP contribution is -2.11. The van der Waals surface area contributed by atoms with Gasteiger partial charge in [-0.25, -0.2) is 4.98 Å². The highest BCUT2D eigenvalue weighted by Crippen LogP contribution is 2.30. The summed E-state index contributed by atoms with van der Waals surface area (Å²) in [6.45, 7) is 3.52. The number of aliphatic hydroxyl groups excluding tert-OH is 1. The van der Waals surface area contributed by atoms with Gasteiger partial charge in [-0.15, -0.1) is 11.3 Å². The second kappa shape index (κ2) is 4.99. The zero-order valence-corrected chi connectivity index (χ0v) is 11.4. The number of aryl methyl sites for hydroxylation is 3. The van der Waals surface area contributed by atoms with Gasteiger partial charge in [-0.2, -0.15) is 5.10 Å². The first-order valence-electron chi connectivity index (χ1n) is 5.71. The van der Waals surface area contributed by atoms with Crippen LogP contribution in [-0.4, -0.2) is 32.3 Å². The summed E-state index contributed by atoms with van der Waals surface area (Å²) in [5.41, 5.74) is 2.10. The highest BCUT2D eigenvalue weighted by Gasteiger charge is 2.20. The standard InChI is InChI=1S/C12H15N3O2S/c1-4-10-7(2)14-12(18-10)8-5-13-15(3)11(8)9(17)6-16/h5,16H,4,6H2,1-3H3. The van der Waals surface area contributed by atoms with Gasteiger partial charge in [-0.3, -0.25) is 9.48 Å². The van der Waals surface area contributed by atoms with Crippen LogP contribution in [0.1, 0.15) is 28.0 Å². The molecule has 2 aromatic heterocycles. The molecule has 0 saturated heterocycles. The Hall–Kier alpha value is -1.53. The maximum Gasteiger partial charge on any atom is 0.206 e. The number of aliphatic hydroxyl groups is 1. The third-order valence-corrected chi connectivity index (χ3v) is 4.13. The molecule has 18 heavy (non-hydrogen) atoms. The van der Waals surface area contributed by atoms with Gasteiger partial charge in [-0.1, -0.05) is 6.92 Å². The number of rotatable bonds is 4. The molecule has 0 fully saturated rings. The first-order valence-corrected chi connectivity index (χ1v) is 6.52. The maximum atomic E-state index is 11.7.